The van der Waals surface area contributed by atoms with Gasteiger partial charge < -0.3 is 15.7 Å². The van der Waals surface area contributed by atoms with Crippen molar-refractivity contribution in [2.75, 3.05) is 5.32 Å². The van der Waals surface area contributed by atoms with Crippen LogP contribution in [0.15, 0.2) is 28.7 Å². The number of halogens is 1. The van der Waals surface area contributed by atoms with Gasteiger partial charge >= 0.3 is 12.0 Å². The lowest BCUT2D eigenvalue weighted by Gasteiger charge is -2.14. The Kier molecular flexibility index (Phi) is 4.42. The van der Waals surface area contributed by atoms with E-state index in [1.54, 1.807) is 6.07 Å². The predicted molar refractivity (Wildman–Crippen MR) is 75.1 cm³/mol. The van der Waals surface area contributed by atoms with Crippen molar-refractivity contribution in [3.05, 3.63) is 28.7 Å². The summed E-state index contributed by atoms with van der Waals surface area (Å²) in [7, 11) is 0. The Morgan fingerprint density at radius 3 is 2.63 bits per heavy atom. The van der Waals surface area contributed by atoms with Crippen molar-refractivity contribution in [1.82, 2.24) is 5.32 Å². The lowest BCUT2D eigenvalue weighted by molar-refractivity contribution is -0.141. The van der Waals surface area contributed by atoms with Crippen molar-refractivity contribution in [2.24, 2.45) is 5.92 Å². The smallest absolute Gasteiger partial charge is 0.319 e. The second kappa shape index (κ2) is 6.06. The molecule has 5 nitrogen and oxygen atoms in total. The molecular formula is C13H15BrN2O3. The molecule has 19 heavy (non-hydrogen) atoms. The first-order chi connectivity index (χ1) is 9.06. The van der Waals surface area contributed by atoms with Crippen molar-refractivity contribution < 1.29 is 14.7 Å². The van der Waals surface area contributed by atoms with Gasteiger partial charge in [0.2, 0.25) is 0 Å². The zero-order chi connectivity index (χ0) is 13.8. The second-order valence-corrected chi connectivity index (χ2v) is 5.48. The third-order valence-corrected chi connectivity index (χ3v) is 3.93. The predicted octanol–water partition coefficient (Wildman–Crippen LogP) is 2.82. The number of carboxylic acids is 1. The zero-order valence-corrected chi connectivity index (χ0v) is 11.8. The minimum atomic E-state index is -0.782. The Labute approximate surface area is 119 Å². The standard InChI is InChI=1S/C13H15BrN2O3/c14-10-3-1-2-4-11(10)16-13(19)15-9-6-5-8(7-9)12(17)18/h1-4,8-9H,5-7H2,(H,17,18)(H2,15,16,19)/t8-,9+/m1/s1. The molecule has 0 unspecified atom stereocenters. The molecular weight excluding hydrogens is 312 g/mol. The fraction of sp³-hybridized carbons (Fsp3) is 0.385. The summed E-state index contributed by atoms with van der Waals surface area (Å²) in [5.74, 6) is -1.12. The summed E-state index contributed by atoms with van der Waals surface area (Å²) >= 11 is 3.35. The van der Waals surface area contributed by atoms with Crippen LogP contribution in [0.5, 0.6) is 0 Å². The van der Waals surface area contributed by atoms with Crippen LogP contribution in [0, 0.1) is 5.92 Å². The molecule has 0 aliphatic heterocycles. The summed E-state index contributed by atoms with van der Waals surface area (Å²) < 4.78 is 0.806. The molecule has 2 atom stereocenters. The number of nitrogens with one attached hydrogen (secondary N) is 2. The van der Waals surface area contributed by atoms with E-state index in [-0.39, 0.29) is 18.0 Å². The van der Waals surface area contributed by atoms with E-state index >= 15 is 0 Å². The molecule has 102 valence electrons. The number of hydrogen-bond donors (Lipinski definition) is 3. The molecule has 0 saturated heterocycles. The van der Waals surface area contributed by atoms with Gasteiger partial charge in [0.05, 0.1) is 11.6 Å². The number of anilines is 1. The van der Waals surface area contributed by atoms with E-state index < -0.39 is 5.97 Å². The van der Waals surface area contributed by atoms with Crippen molar-refractivity contribution in [3.63, 3.8) is 0 Å². The molecule has 0 aromatic heterocycles. The monoisotopic (exact) mass is 326 g/mol. The van der Waals surface area contributed by atoms with Gasteiger partial charge in [-0.15, -0.1) is 0 Å². The average Bonchev–Trinajstić information content (AvgIpc) is 2.80. The van der Waals surface area contributed by atoms with Crippen LogP contribution in [0.4, 0.5) is 10.5 Å². The molecule has 1 aliphatic rings. The second-order valence-electron chi connectivity index (χ2n) is 4.62. The molecule has 6 heteroatoms. The summed E-state index contributed by atoms with van der Waals surface area (Å²) in [6.45, 7) is 0. The topological polar surface area (TPSA) is 78.4 Å². The number of rotatable bonds is 3. The maximum absolute atomic E-state index is 11.8. The van der Waals surface area contributed by atoms with Crippen LogP contribution in [-0.4, -0.2) is 23.1 Å². The van der Waals surface area contributed by atoms with Crippen LogP contribution in [0.2, 0.25) is 0 Å². The highest BCUT2D eigenvalue weighted by Crippen LogP contribution is 2.26. The van der Waals surface area contributed by atoms with E-state index in [0.29, 0.717) is 24.9 Å². The van der Waals surface area contributed by atoms with Crippen molar-refractivity contribution >= 4 is 33.6 Å². The molecule has 2 rings (SSSR count). The summed E-state index contributed by atoms with van der Waals surface area (Å²) in [6.07, 6.45) is 1.83. The molecule has 1 aromatic carbocycles. The number of para-hydroxylation sites is 1. The number of amides is 2. The van der Waals surface area contributed by atoms with Crippen LogP contribution in [0.1, 0.15) is 19.3 Å². The highest BCUT2D eigenvalue weighted by Gasteiger charge is 2.30. The SMILES string of the molecule is O=C(Nc1ccccc1Br)N[C@H]1CC[C@@H](C(=O)O)C1. The maximum atomic E-state index is 11.8. The first kappa shape index (κ1) is 13.9. The first-order valence-corrected chi connectivity index (χ1v) is 6.90. The van der Waals surface area contributed by atoms with Crippen LogP contribution in [0.25, 0.3) is 0 Å². The number of benzene rings is 1. The van der Waals surface area contributed by atoms with Gasteiger partial charge in [0.15, 0.2) is 0 Å². The summed E-state index contributed by atoms with van der Waals surface area (Å²) in [5.41, 5.74) is 0.688. The normalized spacial score (nSPS) is 21.9. The Hall–Kier alpha value is -1.56. The van der Waals surface area contributed by atoms with Crippen molar-refractivity contribution in [3.8, 4) is 0 Å². The Morgan fingerprint density at radius 1 is 1.26 bits per heavy atom. The van der Waals surface area contributed by atoms with Crippen LogP contribution in [-0.2, 0) is 4.79 Å². The molecule has 0 spiro atoms. The minimum absolute atomic E-state index is 0.0661. The fourth-order valence-corrected chi connectivity index (χ4v) is 2.63. The quantitative estimate of drug-likeness (QED) is 0.799. The molecule has 1 saturated carbocycles. The maximum Gasteiger partial charge on any atom is 0.319 e. The molecule has 1 aliphatic carbocycles. The third-order valence-electron chi connectivity index (χ3n) is 3.24. The van der Waals surface area contributed by atoms with Crippen LogP contribution >= 0.6 is 15.9 Å². The molecule has 2 amide bonds. The highest BCUT2D eigenvalue weighted by atomic mass is 79.9. The van der Waals surface area contributed by atoms with Gasteiger partial charge in [-0.25, -0.2) is 4.79 Å². The van der Waals surface area contributed by atoms with E-state index in [0.717, 1.165) is 4.47 Å². The van der Waals surface area contributed by atoms with Gasteiger partial charge in [0.1, 0.15) is 0 Å². The lowest BCUT2D eigenvalue weighted by Crippen LogP contribution is -2.36. The van der Waals surface area contributed by atoms with E-state index in [2.05, 4.69) is 26.6 Å². The van der Waals surface area contributed by atoms with Crippen molar-refractivity contribution in [1.29, 1.82) is 0 Å². The minimum Gasteiger partial charge on any atom is -0.481 e. The largest absolute Gasteiger partial charge is 0.481 e. The van der Waals surface area contributed by atoms with Gasteiger partial charge in [0, 0.05) is 10.5 Å². The molecule has 3 N–H and O–H groups in total. The first-order valence-electron chi connectivity index (χ1n) is 6.11. The number of hydrogen-bond acceptors (Lipinski definition) is 2. The molecule has 0 bridgehead atoms. The number of carbonyl (C=O) groups is 2. The van der Waals surface area contributed by atoms with Crippen molar-refractivity contribution in [2.45, 2.75) is 25.3 Å². The Morgan fingerprint density at radius 2 is 2.00 bits per heavy atom. The summed E-state index contributed by atoms with van der Waals surface area (Å²) in [5, 5.41) is 14.4. The number of carbonyl (C=O) groups excluding carboxylic acids is 1. The van der Waals surface area contributed by atoms with Gasteiger partial charge in [-0.1, -0.05) is 12.1 Å². The molecule has 0 heterocycles. The Bertz CT molecular complexity index is 493. The van der Waals surface area contributed by atoms with Gasteiger partial charge in [-0.3, -0.25) is 4.79 Å². The average molecular weight is 327 g/mol. The fourth-order valence-electron chi connectivity index (χ4n) is 2.24. The van der Waals surface area contributed by atoms with Gasteiger partial charge in [-0.2, -0.15) is 0 Å². The van der Waals surface area contributed by atoms with E-state index in [1.807, 2.05) is 18.2 Å². The van der Waals surface area contributed by atoms with Gasteiger partial charge in [0.25, 0.3) is 0 Å². The van der Waals surface area contributed by atoms with Crippen LogP contribution < -0.4 is 10.6 Å². The number of urea groups is 1. The third kappa shape index (κ3) is 3.70. The number of aliphatic carboxylic acids is 1. The molecule has 1 fully saturated rings. The highest BCUT2D eigenvalue weighted by molar-refractivity contribution is 9.10. The van der Waals surface area contributed by atoms with Crippen LogP contribution in [0.3, 0.4) is 0 Å². The van der Waals surface area contributed by atoms with E-state index in [1.165, 1.54) is 0 Å². The van der Waals surface area contributed by atoms with Gasteiger partial charge in [-0.05, 0) is 47.3 Å². The Balaban J connectivity index is 1.86. The molecule has 1 aromatic rings. The summed E-state index contributed by atoms with van der Waals surface area (Å²) in [6, 6.07) is 6.95. The molecule has 0 radical (unpaired) electrons. The number of carboxylic acid groups (broad SMARTS) is 1. The van der Waals surface area contributed by atoms with E-state index in [9.17, 15) is 9.59 Å². The van der Waals surface area contributed by atoms with E-state index in [4.69, 9.17) is 5.11 Å². The zero-order valence-electron chi connectivity index (χ0n) is 10.2. The summed E-state index contributed by atoms with van der Waals surface area (Å²) in [4.78, 5) is 22.6. The lowest BCUT2D eigenvalue weighted by atomic mass is 10.1.